The van der Waals surface area contributed by atoms with Gasteiger partial charge in [0.2, 0.25) is 5.90 Å². The van der Waals surface area contributed by atoms with Crippen LogP contribution in [0.2, 0.25) is 0 Å². The van der Waals surface area contributed by atoms with E-state index in [1.54, 1.807) is 0 Å². The monoisotopic (exact) mass is 129 g/mol. The van der Waals surface area contributed by atoms with Gasteiger partial charge in [-0.1, -0.05) is 6.58 Å². The predicted molar refractivity (Wildman–Crippen MR) is 36.3 cm³/mol. The second-order valence-electron chi connectivity index (χ2n) is 1.25. The van der Waals surface area contributed by atoms with Crippen LogP contribution in [0, 0.1) is 0 Å². The topological polar surface area (TPSA) is 30.8 Å². The largest absolute Gasteiger partial charge is 0.476 e. The molecule has 0 radical (unpaired) electrons. The van der Waals surface area contributed by atoms with Gasteiger partial charge in [0.25, 0.3) is 0 Å². The molecule has 3 nitrogen and oxygen atoms in total. The highest BCUT2D eigenvalue weighted by atomic mass is 16.6. The van der Waals surface area contributed by atoms with Gasteiger partial charge in [-0.3, -0.25) is 0 Å². The van der Waals surface area contributed by atoms with Crippen molar-refractivity contribution >= 4 is 5.90 Å². The summed E-state index contributed by atoms with van der Waals surface area (Å²) in [6.07, 6.45) is 1.49. The second kappa shape index (κ2) is 5.15. The van der Waals surface area contributed by atoms with E-state index in [1.807, 2.05) is 6.92 Å². The maximum absolute atomic E-state index is 4.94. The van der Waals surface area contributed by atoms with Crippen molar-refractivity contribution < 1.29 is 9.57 Å². The molecule has 0 amide bonds. The fourth-order valence-corrected chi connectivity index (χ4v) is 0.360. The molecule has 52 valence electrons. The third-order valence-corrected chi connectivity index (χ3v) is 0.648. The number of oxime groups is 1. The van der Waals surface area contributed by atoms with Gasteiger partial charge in [0, 0.05) is 0 Å². The zero-order valence-electron chi connectivity index (χ0n) is 5.76. The molecule has 0 N–H and O–H groups in total. The van der Waals surface area contributed by atoms with E-state index in [-0.39, 0.29) is 0 Å². The lowest BCUT2D eigenvalue weighted by atomic mass is 10.6. The van der Waals surface area contributed by atoms with Gasteiger partial charge in [0.1, 0.15) is 7.11 Å². The molecule has 0 aromatic heterocycles. The molecule has 0 saturated heterocycles. The van der Waals surface area contributed by atoms with Crippen LogP contribution in [-0.2, 0) is 9.57 Å². The van der Waals surface area contributed by atoms with Crippen molar-refractivity contribution in [3.63, 3.8) is 0 Å². The van der Waals surface area contributed by atoms with Crippen molar-refractivity contribution in [2.75, 3.05) is 13.7 Å². The van der Waals surface area contributed by atoms with Crippen LogP contribution in [-0.4, -0.2) is 19.6 Å². The summed E-state index contributed by atoms with van der Waals surface area (Å²) in [5.74, 6) is 0.417. The highest BCUT2D eigenvalue weighted by molar-refractivity contribution is 5.86. The molecule has 0 unspecified atom stereocenters. The van der Waals surface area contributed by atoms with Crippen LogP contribution in [0.5, 0.6) is 0 Å². The summed E-state index contributed by atoms with van der Waals surface area (Å²) in [5.41, 5.74) is 0. The number of ether oxygens (including phenoxy) is 1. The van der Waals surface area contributed by atoms with E-state index in [4.69, 9.17) is 4.74 Å². The van der Waals surface area contributed by atoms with Gasteiger partial charge in [-0.05, 0) is 18.2 Å². The van der Waals surface area contributed by atoms with E-state index in [9.17, 15) is 0 Å². The Balaban J connectivity index is 3.66. The minimum atomic E-state index is 0.417. The fraction of sp³-hybridized carbons (Fsp3) is 0.500. The van der Waals surface area contributed by atoms with Crippen molar-refractivity contribution in [2.24, 2.45) is 5.16 Å². The normalized spacial score (nSPS) is 10.7. The molecule has 0 bridgehead atoms. The standard InChI is InChI=1S/C6H11NO2/c1-4-6(7-8-3)9-5-2/h4H,1,5H2,2-3H3/b7-6+. The minimum Gasteiger partial charge on any atom is -0.476 e. The second-order valence-corrected chi connectivity index (χ2v) is 1.25. The summed E-state index contributed by atoms with van der Waals surface area (Å²) < 4.78 is 4.94. The van der Waals surface area contributed by atoms with Gasteiger partial charge in [-0.25, -0.2) is 0 Å². The molecule has 0 aliphatic heterocycles. The van der Waals surface area contributed by atoms with Gasteiger partial charge in [-0.15, -0.1) is 0 Å². The Morgan fingerprint density at radius 3 is 2.78 bits per heavy atom. The zero-order chi connectivity index (χ0) is 7.11. The first-order valence-corrected chi connectivity index (χ1v) is 2.71. The van der Waals surface area contributed by atoms with Gasteiger partial charge < -0.3 is 9.57 Å². The average Bonchev–Trinajstić information content (AvgIpc) is 1.88. The van der Waals surface area contributed by atoms with E-state index < -0.39 is 0 Å². The molecule has 0 aromatic carbocycles. The van der Waals surface area contributed by atoms with Crippen LogP contribution in [0.4, 0.5) is 0 Å². The lowest BCUT2D eigenvalue weighted by Gasteiger charge is -1.98. The third-order valence-electron chi connectivity index (χ3n) is 0.648. The summed E-state index contributed by atoms with van der Waals surface area (Å²) in [7, 11) is 1.46. The maximum atomic E-state index is 4.94. The predicted octanol–water partition coefficient (Wildman–Crippen LogP) is 1.17. The van der Waals surface area contributed by atoms with Gasteiger partial charge >= 0.3 is 0 Å². The molecular weight excluding hydrogens is 118 g/mol. The van der Waals surface area contributed by atoms with E-state index in [0.29, 0.717) is 12.5 Å². The number of nitrogens with zero attached hydrogens (tertiary/aromatic N) is 1. The summed E-state index contributed by atoms with van der Waals surface area (Å²) in [4.78, 5) is 4.44. The summed E-state index contributed by atoms with van der Waals surface area (Å²) >= 11 is 0. The SMILES string of the molecule is C=C/C(=N\OC)OCC. The van der Waals surface area contributed by atoms with Crippen molar-refractivity contribution in [3.8, 4) is 0 Å². The molecular formula is C6H11NO2. The van der Waals surface area contributed by atoms with E-state index in [0.717, 1.165) is 0 Å². The van der Waals surface area contributed by atoms with E-state index >= 15 is 0 Å². The number of hydrogen-bond acceptors (Lipinski definition) is 3. The van der Waals surface area contributed by atoms with E-state index in [2.05, 4.69) is 16.6 Å². The van der Waals surface area contributed by atoms with Gasteiger partial charge in [-0.2, -0.15) is 0 Å². The third kappa shape index (κ3) is 3.58. The van der Waals surface area contributed by atoms with Crippen molar-refractivity contribution in [3.05, 3.63) is 12.7 Å². The molecule has 0 atom stereocenters. The lowest BCUT2D eigenvalue weighted by molar-refractivity contribution is 0.194. The number of hydrogen-bond donors (Lipinski definition) is 0. The van der Waals surface area contributed by atoms with Crippen LogP contribution in [0.1, 0.15) is 6.92 Å². The average molecular weight is 129 g/mol. The Morgan fingerprint density at radius 1 is 1.78 bits per heavy atom. The molecule has 0 aliphatic carbocycles. The van der Waals surface area contributed by atoms with Crippen LogP contribution >= 0.6 is 0 Å². The highest BCUT2D eigenvalue weighted by Gasteiger charge is 1.88. The molecule has 0 spiro atoms. The van der Waals surface area contributed by atoms with Crippen LogP contribution in [0.15, 0.2) is 17.8 Å². The van der Waals surface area contributed by atoms with Crippen molar-refractivity contribution in [2.45, 2.75) is 6.92 Å². The van der Waals surface area contributed by atoms with Gasteiger partial charge in [0.05, 0.1) is 6.61 Å². The Labute approximate surface area is 55.0 Å². The molecule has 3 heteroatoms. The van der Waals surface area contributed by atoms with Crippen LogP contribution < -0.4 is 0 Å². The Bertz CT molecular complexity index is 110. The smallest absolute Gasteiger partial charge is 0.249 e. The summed E-state index contributed by atoms with van der Waals surface area (Å²) in [5, 5.41) is 3.51. The Morgan fingerprint density at radius 2 is 2.44 bits per heavy atom. The molecule has 0 aromatic rings. The molecule has 0 rings (SSSR count). The summed E-state index contributed by atoms with van der Waals surface area (Å²) in [6, 6.07) is 0. The van der Waals surface area contributed by atoms with Crippen molar-refractivity contribution in [1.29, 1.82) is 0 Å². The molecule has 0 saturated carbocycles. The fourth-order valence-electron chi connectivity index (χ4n) is 0.360. The first-order valence-electron chi connectivity index (χ1n) is 2.71. The zero-order valence-corrected chi connectivity index (χ0v) is 5.76. The lowest BCUT2D eigenvalue weighted by Crippen LogP contribution is -2.00. The first-order chi connectivity index (χ1) is 4.35. The highest BCUT2D eigenvalue weighted by Crippen LogP contribution is 1.83. The summed E-state index contributed by atoms with van der Waals surface area (Å²) in [6.45, 7) is 5.91. The molecule has 9 heavy (non-hydrogen) atoms. The molecule has 0 aliphatic rings. The number of rotatable bonds is 3. The Kier molecular flexibility index (Phi) is 4.59. The maximum Gasteiger partial charge on any atom is 0.249 e. The minimum absolute atomic E-state index is 0.417. The van der Waals surface area contributed by atoms with Crippen LogP contribution in [0.25, 0.3) is 0 Å². The molecule has 0 heterocycles. The first kappa shape index (κ1) is 8.01. The Hall–Kier alpha value is -0.990. The molecule has 0 fully saturated rings. The quantitative estimate of drug-likeness (QED) is 0.325. The van der Waals surface area contributed by atoms with Crippen molar-refractivity contribution in [1.82, 2.24) is 0 Å². The van der Waals surface area contributed by atoms with E-state index in [1.165, 1.54) is 13.2 Å². The van der Waals surface area contributed by atoms with Crippen LogP contribution in [0.3, 0.4) is 0 Å². The van der Waals surface area contributed by atoms with Gasteiger partial charge in [0.15, 0.2) is 0 Å².